The molecule has 0 bridgehead atoms. The molecule has 0 aliphatic carbocycles. The monoisotopic (exact) mass is 238 g/mol. The van der Waals surface area contributed by atoms with Crippen LogP contribution in [0.1, 0.15) is 10.4 Å². The van der Waals surface area contributed by atoms with Crippen molar-refractivity contribution in [3.63, 3.8) is 0 Å². The second-order valence-corrected chi connectivity index (χ2v) is 3.26. The standard InChI is InChI=1S/C10H14N4O3/c11-8-2-1-6(5-7(8)9(12)15)14-3-4-17-10(13)16/h1-2,5,14H,3-4,11H2,(H2,12,15)(H2,13,16). The Bertz CT molecular complexity index is 434. The first-order valence-corrected chi connectivity index (χ1v) is 4.86. The highest BCUT2D eigenvalue weighted by atomic mass is 16.5. The van der Waals surface area contributed by atoms with E-state index in [9.17, 15) is 9.59 Å². The van der Waals surface area contributed by atoms with Crippen molar-refractivity contribution in [1.82, 2.24) is 0 Å². The van der Waals surface area contributed by atoms with Gasteiger partial charge in [-0.05, 0) is 18.2 Å². The van der Waals surface area contributed by atoms with Crippen molar-refractivity contribution in [3.05, 3.63) is 23.8 Å². The van der Waals surface area contributed by atoms with Gasteiger partial charge < -0.3 is 27.3 Å². The minimum absolute atomic E-state index is 0.131. The van der Waals surface area contributed by atoms with Crippen LogP contribution in [0.25, 0.3) is 0 Å². The molecule has 0 heterocycles. The molecule has 0 atom stereocenters. The van der Waals surface area contributed by atoms with Crippen LogP contribution in [-0.4, -0.2) is 25.2 Å². The maximum atomic E-state index is 11.0. The Morgan fingerprint density at radius 3 is 2.59 bits per heavy atom. The number of hydrogen-bond acceptors (Lipinski definition) is 5. The first kappa shape index (κ1) is 12.6. The van der Waals surface area contributed by atoms with E-state index in [0.29, 0.717) is 17.9 Å². The number of primary amides is 2. The molecule has 0 unspecified atom stereocenters. The van der Waals surface area contributed by atoms with Crippen LogP contribution in [0.3, 0.4) is 0 Å². The van der Waals surface area contributed by atoms with Crippen molar-refractivity contribution in [2.24, 2.45) is 11.5 Å². The molecule has 0 aliphatic heterocycles. The van der Waals surface area contributed by atoms with Gasteiger partial charge in [-0.2, -0.15) is 0 Å². The highest BCUT2D eigenvalue weighted by molar-refractivity contribution is 5.98. The van der Waals surface area contributed by atoms with Crippen LogP contribution in [0.2, 0.25) is 0 Å². The number of rotatable bonds is 5. The third-order valence-corrected chi connectivity index (χ3v) is 1.99. The van der Waals surface area contributed by atoms with E-state index in [-0.39, 0.29) is 12.2 Å². The molecule has 0 radical (unpaired) electrons. The van der Waals surface area contributed by atoms with Gasteiger partial charge in [0.1, 0.15) is 6.61 Å². The summed E-state index contributed by atoms with van der Waals surface area (Å²) in [4.78, 5) is 21.3. The molecule has 0 fully saturated rings. The minimum Gasteiger partial charge on any atom is -0.448 e. The number of hydrogen-bond donors (Lipinski definition) is 4. The number of anilines is 2. The van der Waals surface area contributed by atoms with Gasteiger partial charge in [0.15, 0.2) is 0 Å². The third kappa shape index (κ3) is 3.90. The highest BCUT2D eigenvalue weighted by Gasteiger charge is 2.06. The van der Waals surface area contributed by atoms with E-state index in [1.54, 1.807) is 12.1 Å². The predicted octanol–water partition coefficient (Wildman–Crippen LogP) is -0.125. The zero-order valence-corrected chi connectivity index (χ0v) is 9.10. The maximum Gasteiger partial charge on any atom is 0.404 e. The van der Waals surface area contributed by atoms with E-state index in [4.69, 9.17) is 17.2 Å². The quantitative estimate of drug-likeness (QED) is 0.419. The fourth-order valence-electron chi connectivity index (χ4n) is 1.23. The average molecular weight is 238 g/mol. The Hall–Kier alpha value is -2.44. The summed E-state index contributed by atoms with van der Waals surface area (Å²) in [5.74, 6) is -0.598. The van der Waals surface area contributed by atoms with E-state index < -0.39 is 12.0 Å². The Labute approximate surface area is 97.9 Å². The van der Waals surface area contributed by atoms with Crippen LogP contribution in [0.5, 0.6) is 0 Å². The topological polar surface area (TPSA) is 133 Å². The number of amides is 2. The van der Waals surface area contributed by atoms with E-state index >= 15 is 0 Å². The zero-order valence-electron chi connectivity index (χ0n) is 9.10. The third-order valence-electron chi connectivity index (χ3n) is 1.99. The molecule has 1 aromatic rings. The number of ether oxygens (including phenoxy) is 1. The summed E-state index contributed by atoms with van der Waals surface area (Å²) in [5.41, 5.74) is 16.7. The van der Waals surface area contributed by atoms with Crippen LogP contribution in [0.15, 0.2) is 18.2 Å². The van der Waals surface area contributed by atoms with Crippen molar-refractivity contribution in [1.29, 1.82) is 0 Å². The normalized spacial score (nSPS) is 9.65. The van der Waals surface area contributed by atoms with Gasteiger partial charge >= 0.3 is 6.09 Å². The van der Waals surface area contributed by atoms with E-state index in [0.717, 1.165) is 0 Å². The van der Waals surface area contributed by atoms with Crippen molar-refractivity contribution in [2.45, 2.75) is 0 Å². The zero-order chi connectivity index (χ0) is 12.8. The summed E-state index contributed by atoms with van der Waals surface area (Å²) in [7, 11) is 0. The number of carbonyl (C=O) groups is 2. The molecular weight excluding hydrogens is 224 g/mol. The lowest BCUT2D eigenvalue weighted by molar-refractivity contribution is 0.100. The SMILES string of the molecule is NC(=O)OCCNc1ccc(N)c(C(N)=O)c1. The number of nitrogen functional groups attached to an aromatic ring is 1. The van der Waals surface area contributed by atoms with E-state index in [1.807, 2.05) is 0 Å². The van der Waals surface area contributed by atoms with Crippen LogP contribution >= 0.6 is 0 Å². The molecule has 0 saturated carbocycles. The Kier molecular flexibility index (Phi) is 4.15. The van der Waals surface area contributed by atoms with Crippen molar-refractivity contribution in [3.8, 4) is 0 Å². The summed E-state index contributed by atoms with van der Waals surface area (Å²) in [5, 5.41) is 2.93. The molecule has 7 nitrogen and oxygen atoms in total. The second-order valence-electron chi connectivity index (χ2n) is 3.26. The van der Waals surface area contributed by atoms with E-state index in [2.05, 4.69) is 10.1 Å². The van der Waals surface area contributed by atoms with Crippen molar-refractivity contribution in [2.75, 3.05) is 24.2 Å². The molecule has 7 heteroatoms. The molecule has 0 aromatic heterocycles. The molecule has 7 N–H and O–H groups in total. The lowest BCUT2D eigenvalue weighted by atomic mass is 10.1. The van der Waals surface area contributed by atoms with Gasteiger partial charge in [-0.15, -0.1) is 0 Å². The van der Waals surface area contributed by atoms with Crippen molar-refractivity contribution < 1.29 is 14.3 Å². The molecule has 2 amide bonds. The lowest BCUT2D eigenvalue weighted by Gasteiger charge is -2.08. The number of nitrogens with two attached hydrogens (primary N) is 3. The molecule has 1 aromatic carbocycles. The van der Waals surface area contributed by atoms with Gasteiger partial charge in [0.05, 0.1) is 5.56 Å². The van der Waals surface area contributed by atoms with Gasteiger partial charge in [0.2, 0.25) is 0 Å². The number of benzene rings is 1. The molecular formula is C10H14N4O3. The minimum atomic E-state index is -0.832. The van der Waals surface area contributed by atoms with Gasteiger partial charge in [-0.1, -0.05) is 0 Å². The predicted molar refractivity (Wildman–Crippen MR) is 63.4 cm³/mol. The fraction of sp³-hybridized carbons (Fsp3) is 0.200. The van der Waals surface area contributed by atoms with Gasteiger partial charge in [0, 0.05) is 17.9 Å². The summed E-state index contributed by atoms with van der Waals surface area (Å²) in [6.07, 6.45) is -0.832. The van der Waals surface area contributed by atoms with Crippen LogP contribution in [-0.2, 0) is 4.74 Å². The first-order chi connectivity index (χ1) is 8.00. The number of nitrogens with one attached hydrogen (secondary N) is 1. The summed E-state index contributed by atoms with van der Waals surface area (Å²) in [6.45, 7) is 0.497. The van der Waals surface area contributed by atoms with Crippen molar-refractivity contribution >= 4 is 23.4 Å². The smallest absolute Gasteiger partial charge is 0.404 e. The van der Waals surface area contributed by atoms with E-state index in [1.165, 1.54) is 6.07 Å². The second kappa shape index (κ2) is 5.59. The molecule has 0 spiro atoms. The maximum absolute atomic E-state index is 11.0. The summed E-state index contributed by atoms with van der Waals surface area (Å²) < 4.78 is 4.53. The Morgan fingerprint density at radius 1 is 1.29 bits per heavy atom. The molecule has 0 saturated heterocycles. The van der Waals surface area contributed by atoms with Crippen LogP contribution < -0.4 is 22.5 Å². The largest absolute Gasteiger partial charge is 0.448 e. The first-order valence-electron chi connectivity index (χ1n) is 4.86. The Morgan fingerprint density at radius 2 is 2.00 bits per heavy atom. The molecule has 92 valence electrons. The lowest BCUT2D eigenvalue weighted by Crippen LogP contribution is -2.19. The fourth-order valence-corrected chi connectivity index (χ4v) is 1.23. The van der Waals surface area contributed by atoms with Crippen LogP contribution in [0, 0.1) is 0 Å². The summed E-state index contributed by atoms with van der Waals surface area (Å²) >= 11 is 0. The number of carbonyl (C=O) groups excluding carboxylic acids is 2. The van der Waals surface area contributed by atoms with Gasteiger partial charge in [0.25, 0.3) is 5.91 Å². The average Bonchev–Trinajstić information content (AvgIpc) is 2.25. The molecule has 0 aliphatic rings. The van der Waals surface area contributed by atoms with Crippen LogP contribution in [0.4, 0.5) is 16.2 Å². The molecule has 17 heavy (non-hydrogen) atoms. The summed E-state index contributed by atoms with van der Waals surface area (Å²) in [6, 6.07) is 4.78. The molecule has 1 rings (SSSR count). The highest BCUT2D eigenvalue weighted by Crippen LogP contribution is 2.16. The van der Waals surface area contributed by atoms with Gasteiger partial charge in [-0.25, -0.2) is 4.79 Å². The Balaban J connectivity index is 2.57. The van der Waals surface area contributed by atoms with Gasteiger partial charge in [-0.3, -0.25) is 4.79 Å².